The van der Waals surface area contributed by atoms with Crippen LogP contribution in [0.4, 0.5) is 0 Å². The molecule has 2 aromatic rings. The summed E-state index contributed by atoms with van der Waals surface area (Å²) in [5.74, 6) is -1.21. The molecular weight excluding hydrogens is 392 g/mol. The number of aliphatic hydroxyl groups is 1. The number of carbonyl (C=O) groups is 2. The number of nitrogens with zero attached hydrogens (tertiary/aromatic N) is 2. The van der Waals surface area contributed by atoms with E-state index in [1.165, 1.54) is 12.0 Å². The van der Waals surface area contributed by atoms with Gasteiger partial charge in [0.2, 0.25) is 0 Å². The topological polar surface area (TPSA) is 70.1 Å². The average Bonchev–Trinajstić information content (AvgIpc) is 2.97. The molecule has 1 unspecified atom stereocenters. The molecule has 0 aliphatic carbocycles. The number of hydrogen-bond acceptors (Lipinski definition) is 5. The molecule has 0 saturated carbocycles. The van der Waals surface area contributed by atoms with Crippen molar-refractivity contribution in [3.05, 3.63) is 70.3 Å². The SMILES string of the molecule is COc1cc(/C(O)=C2/C(=O)C(=O)N(CCN(C)C)C2c2ccccc2)ccc1Cl. The van der Waals surface area contributed by atoms with E-state index in [0.717, 1.165) is 5.56 Å². The van der Waals surface area contributed by atoms with Crippen LogP contribution in [0.2, 0.25) is 5.02 Å². The van der Waals surface area contributed by atoms with Crippen molar-refractivity contribution in [3.8, 4) is 5.75 Å². The molecule has 0 aromatic heterocycles. The number of likely N-dealkylation sites (N-methyl/N-ethyl adjacent to an activating group) is 1. The van der Waals surface area contributed by atoms with Crippen LogP contribution in [-0.2, 0) is 9.59 Å². The smallest absolute Gasteiger partial charge is 0.295 e. The second-order valence-electron chi connectivity index (χ2n) is 7.06. The van der Waals surface area contributed by atoms with Gasteiger partial charge < -0.3 is 19.6 Å². The summed E-state index contributed by atoms with van der Waals surface area (Å²) in [4.78, 5) is 29.1. The van der Waals surface area contributed by atoms with Crippen LogP contribution in [0, 0.1) is 0 Å². The molecule has 7 heteroatoms. The maximum atomic E-state index is 12.9. The van der Waals surface area contributed by atoms with Gasteiger partial charge >= 0.3 is 0 Å². The molecular formula is C22H23ClN2O4. The molecule has 152 valence electrons. The first-order valence-corrected chi connectivity index (χ1v) is 9.55. The molecule has 29 heavy (non-hydrogen) atoms. The normalized spacial score (nSPS) is 18.5. The van der Waals surface area contributed by atoms with E-state index < -0.39 is 17.7 Å². The molecule has 0 spiro atoms. The molecule has 1 aliphatic rings. The third-order valence-electron chi connectivity index (χ3n) is 4.87. The van der Waals surface area contributed by atoms with Gasteiger partial charge in [-0.1, -0.05) is 41.9 Å². The third-order valence-corrected chi connectivity index (χ3v) is 5.18. The van der Waals surface area contributed by atoms with Crippen molar-refractivity contribution in [2.75, 3.05) is 34.3 Å². The van der Waals surface area contributed by atoms with Crippen molar-refractivity contribution < 1.29 is 19.4 Å². The van der Waals surface area contributed by atoms with Crippen molar-refractivity contribution >= 4 is 29.1 Å². The zero-order valence-electron chi connectivity index (χ0n) is 16.6. The Bertz CT molecular complexity index is 957. The molecule has 0 bridgehead atoms. The Morgan fingerprint density at radius 2 is 1.86 bits per heavy atom. The maximum absolute atomic E-state index is 12.9. The Kier molecular flexibility index (Phi) is 6.25. The average molecular weight is 415 g/mol. The maximum Gasteiger partial charge on any atom is 0.295 e. The Morgan fingerprint density at radius 3 is 2.48 bits per heavy atom. The summed E-state index contributed by atoms with van der Waals surface area (Å²) < 4.78 is 5.21. The van der Waals surface area contributed by atoms with Gasteiger partial charge in [0.15, 0.2) is 0 Å². The van der Waals surface area contributed by atoms with Crippen molar-refractivity contribution in [2.45, 2.75) is 6.04 Å². The lowest BCUT2D eigenvalue weighted by Crippen LogP contribution is -2.35. The van der Waals surface area contributed by atoms with Gasteiger partial charge in [-0.3, -0.25) is 9.59 Å². The highest BCUT2D eigenvalue weighted by atomic mass is 35.5. The number of amides is 1. The van der Waals surface area contributed by atoms with Crippen molar-refractivity contribution in [3.63, 3.8) is 0 Å². The van der Waals surface area contributed by atoms with Crippen molar-refractivity contribution in [1.82, 2.24) is 9.80 Å². The summed E-state index contributed by atoms with van der Waals surface area (Å²) in [6, 6.07) is 13.3. The van der Waals surface area contributed by atoms with Crippen LogP contribution in [0.15, 0.2) is 54.1 Å². The predicted octanol–water partition coefficient (Wildman–Crippen LogP) is 3.33. The first-order valence-electron chi connectivity index (χ1n) is 9.17. The molecule has 3 rings (SSSR count). The van der Waals surface area contributed by atoms with Gasteiger partial charge in [0, 0.05) is 18.7 Å². The van der Waals surface area contributed by atoms with E-state index in [-0.39, 0.29) is 11.3 Å². The standard InChI is InChI=1S/C22H23ClN2O4/c1-24(2)11-12-25-19(14-7-5-4-6-8-14)18(21(27)22(25)28)20(26)15-9-10-16(23)17(13-15)29-3/h4-10,13,19,26H,11-12H2,1-3H3/b20-18-. The number of benzene rings is 2. The summed E-state index contributed by atoms with van der Waals surface area (Å²) in [6.07, 6.45) is 0. The minimum Gasteiger partial charge on any atom is -0.507 e. The molecule has 1 amide bonds. The van der Waals surface area contributed by atoms with Crippen LogP contribution >= 0.6 is 11.6 Å². The molecule has 1 atom stereocenters. The number of methoxy groups -OCH3 is 1. The second-order valence-corrected chi connectivity index (χ2v) is 7.46. The lowest BCUT2D eigenvalue weighted by Gasteiger charge is -2.26. The third kappa shape index (κ3) is 4.13. The minimum absolute atomic E-state index is 0.0596. The highest BCUT2D eigenvalue weighted by Crippen LogP contribution is 2.40. The van der Waals surface area contributed by atoms with E-state index in [2.05, 4.69) is 0 Å². The van der Waals surface area contributed by atoms with E-state index in [1.54, 1.807) is 18.2 Å². The number of aliphatic hydroxyl groups excluding tert-OH is 1. The molecule has 2 aromatic carbocycles. The number of likely N-dealkylation sites (tertiary alicyclic amines) is 1. The minimum atomic E-state index is -0.705. The number of ketones is 1. The molecule has 1 aliphatic heterocycles. The van der Waals surface area contributed by atoms with Crippen LogP contribution < -0.4 is 4.74 Å². The van der Waals surface area contributed by atoms with E-state index >= 15 is 0 Å². The first kappa shape index (κ1) is 20.9. The van der Waals surface area contributed by atoms with Crippen LogP contribution in [0.25, 0.3) is 5.76 Å². The number of Topliss-reactive ketones (excluding diaryl/α,β-unsaturated/α-hetero) is 1. The van der Waals surface area contributed by atoms with E-state index in [9.17, 15) is 14.7 Å². The number of halogens is 1. The molecule has 1 N–H and O–H groups in total. The first-order chi connectivity index (χ1) is 13.8. The van der Waals surface area contributed by atoms with Crippen LogP contribution in [-0.4, -0.2) is 60.9 Å². The number of ether oxygens (including phenoxy) is 1. The molecule has 6 nitrogen and oxygen atoms in total. The highest BCUT2D eigenvalue weighted by molar-refractivity contribution is 6.46. The Morgan fingerprint density at radius 1 is 1.17 bits per heavy atom. The predicted molar refractivity (Wildman–Crippen MR) is 112 cm³/mol. The number of rotatable bonds is 6. The molecule has 1 fully saturated rings. The van der Waals surface area contributed by atoms with E-state index in [0.29, 0.717) is 29.4 Å². The van der Waals surface area contributed by atoms with Gasteiger partial charge in [-0.15, -0.1) is 0 Å². The summed E-state index contributed by atoms with van der Waals surface area (Å²) in [5, 5.41) is 11.4. The quantitative estimate of drug-likeness (QED) is 0.446. The molecule has 1 heterocycles. The van der Waals surface area contributed by atoms with Crippen LogP contribution in [0.3, 0.4) is 0 Å². The monoisotopic (exact) mass is 414 g/mol. The van der Waals surface area contributed by atoms with Gasteiger partial charge in [0.25, 0.3) is 11.7 Å². The van der Waals surface area contributed by atoms with Crippen molar-refractivity contribution in [1.29, 1.82) is 0 Å². The summed E-state index contributed by atoms with van der Waals surface area (Å²) >= 11 is 6.07. The van der Waals surface area contributed by atoms with Gasteiger partial charge in [0.1, 0.15) is 11.5 Å². The lowest BCUT2D eigenvalue weighted by atomic mass is 9.95. The van der Waals surface area contributed by atoms with Gasteiger partial charge in [-0.05, 0) is 37.9 Å². The summed E-state index contributed by atoms with van der Waals surface area (Å²) in [5.41, 5.74) is 1.18. The van der Waals surface area contributed by atoms with Gasteiger partial charge in [-0.2, -0.15) is 0 Å². The Balaban J connectivity index is 2.14. The second kappa shape index (κ2) is 8.68. The lowest BCUT2D eigenvalue weighted by molar-refractivity contribution is -0.140. The Hall–Kier alpha value is -2.83. The largest absolute Gasteiger partial charge is 0.507 e. The molecule has 0 radical (unpaired) electrons. The van der Waals surface area contributed by atoms with E-state index in [1.807, 2.05) is 49.3 Å². The van der Waals surface area contributed by atoms with Crippen LogP contribution in [0.5, 0.6) is 5.75 Å². The fraction of sp³-hybridized carbons (Fsp3) is 0.273. The number of carbonyl (C=O) groups excluding carboxylic acids is 2. The number of hydrogen-bond donors (Lipinski definition) is 1. The van der Waals surface area contributed by atoms with E-state index in [4.69, 9.17) is 16.3 Å². The van der Waals surface area contributed by atoms with Gasteiger partial charge in [0.05, 0.1) is 23.7 Å². The fourth-order valence-corrected chi connectivity index (χ4v) is 3.56. The summed E-state index contributed by atoms with van der Waals surface area (Å²) in [7, 11) is 5.26. The summed E-state index contributed by atoms with van der Waals surface area (Å²) in [6.45, 7) is 0.947. The highest BCUT2D eigenvalue weighted by Gasteiger charge is 2.45. The Labute approximate surface area is 174 Å². The van der Waals surface area contributed by atoms with Crippen molar-refractivity contribution in [2.24, 2.45) is 0 Å². The zero-order valence-corrected chi connectivity index (χ0v) is 17.3. The van der Waals surface area contributed by atoms with Gasteiger partial charge in [-0.25, -0.2) is 0 Å². The molecule has 1 saturated heterocycles. The fourth-order valence-electron chi connectivity index (χ4n) is 3.36. The van der Waals surface area contributed by atoms with Crippen LogP contribution in [0.1, 0.15) is 17.2 Å². The zero-order chi connectivity index (χ0) is 21.1.